The number of fused-ring (bicyclic) bond motifs is 3. The van der Waals surface area contributed by atoms with E-state index in [1.165, 1.54) is 0 Å². The molecule has 0 aliphatic rings. The lowest BCUT2D eigenvalue weighted by Gasteiger charge is -2.02. The average molecular weight is 288 g/mol. The van der Waals surface area contributed by atoms with Gasteiger partial charge in [0.25, 0.3) is 0 Å². The number of nitrogens with zero attached hydrogens (tertiary/aromatic N) is 4. The Morgan fingerprint density at radius 3 is 2.75 bits per heavy atom. The van der Waals surface area contributed by atoms with Crippen molar-refractivity contribution in [2.75, 3.05) is 7.11 Å². The van der Waals surface area contributed by atoms with Crippen LogP contribution in [-0.4, -0.2) is 32.1 Å². The second-order valence-corrected chi connectivity index (χ2v) is 6.42. The Kier molecular flexibility index (Phi) is 3.25. The number of hydrogen-bond donors (Lipinski definition) is 0. The molecule has 0 aliphatic heterocycles. The summed E-state index contributed by atoms with van der Waals surface area (Å²) >= 11 is 1.62. The van der Waals surface area contributed by atoms with Crippen molar-refractivity contribution < 1.29 is 4.74 Å². The van der Waals surface area contributed by atoms with E-state index in [0.717, 1.165) is 27.8 Å². The molecule has 3 aromatic rings. The van der Waals surface area contributed by atoms with Crippen LogP contribution < -0.4 is 4.74 Å². The molecule has 0 saturated heterocycles. The summed E-state index contributed by atoms with van der Waals surface area (Å²) in [5.74, 6) is 0.812. The van der Waals surface area contributed by atoms with E-state index in [1.807, 2.05) is 29.8 Å². The molecule has 20 heavy (non-hydrogen) atoms. The van der Waals surface area contributed by atoms with Gasteiger partial charge in [-0.1, -0.05) is 25.6 Å². The molecule has 5 nitrogen and oxygen atoms in total. The molecule has 0 spiro atoms. The molecule has 0 aliphatic carbocycles. The average Bonchev–Trinajstić information content (AvgIpc) is 2.71. The van der Waals surface area contributed by atoms with Crippen LogP contribution in [0.5, 0.6) is 5.75 Å². The fraction of sp³-hybridized carbons (Fsp3) is 0.357. The van der Waals surface area contributed by atoms with Gasteiger partial charge in [0.15, 0.2) is 5.65 Å². The molecule has 104 valence electrons. The summed E-state index contributed by atoms with van der Waals surface area (Å²) in [6, 6.07) is 5.94. The van der Waals surface area contributed by atoms with Gasteiger partial charge in [0, 0.05) is 17.7 Å². The number of aryl methyl sites for hydroxylation is 1. The van der Waals surface area contributed by atoms with Gasteiger partial charge in [0.05, 0.1) is 12.6 Å². The van der Waals surface area contributed by atoms with Crippen molar-refractivity contribution >= 4 is 33.8 Å². The van der Waals surface area contributed by atoms with E-state index >= 15 is 0 Å². The molecule has 3 rings (SSSR count). The van der Waals surface area contributed by atoms with E-state index in [0.29, 0.717) is 10.4 Å². The lowest BCUT2D eigenvalue weighted by atomic mass is 10.2. The van der Waals surface area contributed by atoms with E-state index in [4.69, 9.17) is 4.74 Å². The molecular formula is C14H16N4OS. The Hall–Kier alpha value is -1.82. The number of aromatic nitrogens is 4. The van der Waals surface area contributed by atoms with Gasteiger partial charge in [0.1, 0.15) is 11.3 Å². The molecule has 0 unspecified atom stereocenters. The van der Waals surface area contributed by atoms with Gasteiger partial charge in [0.2, 0.25) is 5.16 Å². The van der Waals surface area contributed by atoms with E-state index in [2.05, 4.69) is 29.0 Å². The summed E-state index contributed by atoms with van der Waals surface area (Å²) in [4.78, 5) is 4.62. The fourth-order valence-electron chi connectivity index (χ4n) is 2.21. The van der Waals surface area contributed by atoms with Crippen LogP contribution in [0, 0.1) is 0 Å². The Bertz CT molecular complexity index is 782. The van der Waals surface area contributed by atoms with E-state index in [-0.39, 0.29) is 0 Å². The van der Waals surface area contributed by atoms with Gasteiger partial charge in [-0.2, -0.15) is 0 Å². The van der Waals surface area contributed by atoms with Crippen LogP contribution in [0.4, 0.5) is 0 Å². The van der Waals surface area contributed by atoms with Crippen molar-refractivity contribution in [3.8, 4) is 5.75 Å². The highest BCUT2D eigenvalue weighted by atomic mass is 32.2. The van der Waals surface area contributed by atoms with Gasteiger partial charge in [-0.25, -0.2) is 4.98 Å². The van der Waals surface area contributed by atoms with Gasteiger partial charge >= 0.3 is 0 Å². The highest BCUT2D eigenvalue weighted by Crippen LogP contribution is 2.29. The summed E-state index contributed by atoms with van der Waals surface area (Å²) in [5, 5.41) is 10.7. The minimum absolute atomic E-state index is 0.434. The van der Waals surface area contributed by atoms with Crippen LogP contribution in [-0.2, 0) is 7.05 Å². The van der Waals surface area contributed by atoms with E-state index in [9.17, 15) is 0 Å². The third kappa shape index (κ3) is 2.10. The Labute approximate surface area is 121 Å². The van der Waals surface area contributed by atoms with E-state index in [1.54, 1.807) is 18.9 Å². The summed E-state index contributed by atoms with van der Waals surface area (Å²) < 4.78 is 7.32. The SMILES string of the molecule is COc1ccc2c(c1)c1nnc(SC(C)C)nc1n2C. The third-order valence-electron chi connectivity index (χ3n) is 3.13. The maximum absolute atomic E-state index is 5.27. The highest BCUT2D eigenvalue weighted by molar-refractivity contribution is 7.99. The van der Waals surface area contributed by atoms with Crippen molar-refractivity contribution in [1.82, 2.24) is 19.7 Å². The number of rotatable bonds is 3. The number of ether oxygens (including phenoxy) is 1. The Balaban J connectivity index is 2.25. The van der Waals surface area contributed by atoms with Crippen LogP contribution in [0.25, 0.3) is 22.1 Å². The van der Waals surface area contributed by atoms with Crippen molar-refractivity contribution in [2.45, 2.75) is 24.3 Å². The van der Waals surface area contributed by atoms with Crippen molar-refractivity contribution in [1.29, 1.82) is 0 Å². The maximum atomic E-state index is 5.27. The van der Waals surface area contributed by atoms with Crippen LogP contribution in [0.1, 0.15) is 13.8 Å². The minimum Gasteiger partial charge on any atom is -0.497 e. The zero-order chi connectivity index (χ0) is 14.3. The minimum atomic E-state index is 0.434. The molecule has 1 aromatic carbocycles. The van der Waals surface area contributed by atoms with Crippen molar-refractivity contribution in [3.05, 3.63) is 18.2 Å². The zero-order valence-electron chi connectivity index (χ0n) is 11.9. The Morgan fingerprint density at radius 1 is 1.25 bits per heavy atom. The first kappa shape index (κ1) is 13.2. The summed E-state index contributed by atoms with van der Waals surface area (Å²) in [5.41, 5.74) is 2.75. The Morgan fingerprint density at radius 2 is 2.05 bits per heavy atom. The molecule has 0 N–H and O–H groups in total. The fourth-order valence-corrected chi connectivity index (χ4v) is 2.86. The van der Waals surface area contributed by atoms with Crippen LogP contribution in [0.3, 0.4) is 0 Å². The molecule has 0 saturated carbocycles. The number of hydrogen-bond acceptors (Lipinski definition) is 5. The van der Waals surface area contributed by atoms with Crippen LogP contribution in [0.2, 0.25) is 0 Å². The second kappa shape index (κ2) is 4.94. The lowest BCUT2D eigenvalue weighted by Crippen LogP contribution is -1.97. The van der Waals surface area contributed by atoms with Crippen molar-refractivity contribution in [3.63, 3.8) is 0 Å². The molecule has 0 bridgehead atoms. The van der Waals surface area contributed by atoms with Gasteiger partial charge in [-0.3, -0.25) is 0 Å². The molecular weight excluding hydrogens is 272 g/mol. The number of thioether (sulfide) groups is 1. The first-order valence-electron chi connectivity index (χ1n) is 6.43. The standard InChI is InChI=1S/C14H16N4OS/c1-8(2)20-14-15-13-12(16-17-14)10-7-9(19-4)5-6-11(10)18(13)3/h5-8H,1-4H3. The van der Waals surface area contributed by atoms with Crippen LogP contribution in [0.15, 0.2) is 23.4 Å². The molecule has 0 atom stereocenters. The molecule has 6 heteroatoms. The number of methoxy groups -OCH3 is 1. The van der Waals surface area contributed by atoms with Gasteiger partial charge < -0.3 is 9.30 Å². The maximum Gasteiger partial charge on any atom is 0.211 e. The predicted molar refractivity (Wildman–Crippen MR) is 81.4 cm³/mol. The highest BCUT2D eigenvalue weighted by Gasteiger charge is 2.14. The van der Waals surface area contributed by atoms with Crippen molar-refractivity contribution in [2.24, 2.45) is 7.05 Å². The summed E-state index contributed by atoms with van der Waals surface area (Å²) in [6.07, 6.45) is 0. The normalized spacial score (nSPS) is 11.7. The van der Waals surface area contributed by atoms with E-state index < -0.39 is 0 Å². The molecule has 0 radical (unpaired) electrons. The quantitative estimate of drug-likeness (QED) is 0.693. The lowest BCUT2D eigenvalue weighted by molar-refractivity contribution is 0.415. The predicted octanol–water partition coefficient (Wildman–Crippen LogP) is 3.03. The smallest absolute Gasteiger partial charge is 0.211 e. The first-order chi connectivity index (χ1) is 9.60. The summed E-state index contributed by atoms with van der Waals surface area (Å²) in [6.45, 7) is 4.23. The molecule has 2 heterocycles. The second-order valence-electron chi connectivity index (χ2n) is 4.88. The third-order valence-corrected chi connectivity index (χ3v) is 3.98. The molecule has 0 amide bonds. The molecule has 0 fully saturated rings. The van der Waals surface area contributed by atoms with Gasteiger partial charge in [-0.15, -0.1) is 10.2 Å². The van der Waals surface area contributed by atoms with Crippen LogP contribution >= 0.6 is 11.8 Å². The largest absolute Gasteiger partial charge is 0.497 e. The number of benzene rings is 1. The molecule has 2 aromatic heterocycles. The monoisotopic (exact) mass is 288 g/mol. The summed E-state index contributed by atoms with van der Waals surface area (Å²) in [7, 11) is 3.66. The first-order valence-corrected chi connectivity index (χ1v) is 7.31. The van der Waals surface area contributed by atoms with Gasteiger partial charge in [-0.05, 0) is 18.2 Å². The topological polar surface area (TPSA) is 52.8 Å². The zero-order valence-corrected chi connectivity index (χ0v) is 12.7.